The molecule has 7 nitrogen and oxygen atoms in total. The largest absolute Gasteiger partial charge is 0.339 e. The zero-order valence-electron chi connectivity index (χ0n) is 14.9. The number of anilines is 1. The second-order valence-electron chi connectivity index (χ2n) is 6.08. The lowest BCUT2D eigenvalue weighted by atomic mass is 10.1. The summed E-state index contributed by atoms with van der Waals surface area (Å²) < 4.78 is 0. The Balaban J connectivity index is 1.77. The van der Waals surface area contributed by atoms with E-state index in [0.29, 0.717) is 41.6 Å². The van der Waals surface area contributed by atoms with Crippen LogP contribution in [0.4, 0.5) is 5.69 Å². The number of carbonyl (C=O) groups excluding carboxylic acids is 2. The normalized spacial score (nSPS) is 13.2. The molecule has 0 unspecified atom stereocenters. The van der Waals surface area contributed by atoms with Crippen LogP contribution in [0, 0.1) is 0 Å². The molecule has 0 bridgehead atoms. The fourth-order valence-corrected chi connectivity index (χ4v) is 3.31. The van der Waals surface area contributed by atoms with Gasteiger partial charge in [-0.05, 0) is 32.0 Å². The smallest absolute Gasteiger partial charge is 0.276 e. The molecule has 0 aliphatic carbocycles. The van der Waals surface area contributed by atoms with E-state index in [4.69, 9.17) is 11.6 Å². The summed E-state index contributed by atoms with van der Waals surface area (Å²) >= 11 is 6.28. The van der Waals surface area contributed by atoms with Crippen molar-refractivity contribution in [2.45, 2.75) is 26.8 Å². The Hall–Kier alpha value is -2.38. The van der Waals surface area contributed by atoms with E-state index in [1.54, 1.807) is 23.1 Å². The fraction of sp³-hybridized carbons (Fsp3) is 0.389. The van der Waals surface area contributed by atoms with Crippen LogP contribution in [0.25, 0.3) is 0 Å². The number of amides is 2. The van der Waals surface area contributed by atoms with Crippen LogP contribution in [0.5, 0.6) is 0 Å². The van der Waals surface area contributed by atoms with E-state index >= 15 is 0 Å². The molecule has 0 atom stereocenters. The van der Waals surface area contributed by atoms with Crippen LogP contribution < -0.4 is 10.6 Å². The molecule has 3 N–H and O–H groups in total. The summed E-state index contributed by atoms with van der Waals surface area (Å²) in [6, 6.07) is 4.91. The number of nitrogens with zero attached hydrogens (tertiary/aromatic N) is 2. The van der Waals surface area contributed by atoms with Gasteiger partial charge in [0.05, 0.1) is 10.6 Å². The predicted octanol–water partition coefficient (Wildman–Crippen LogP) is 2.44. The van der Waals surface area contributed by atoms with Crippen LogP contribution in [0.15, 0.2) is 18.2 Å². The first-order valence-corrected chi connectivity index (χ1v) is 9.09. The second-order valence-corrected chi connectivity index (χ2v) is 6.49. The van der Waals surface area contributed by atoms with Crippen LogP contribution in [-0.4, -0.2) is 46.5 Å². The third kappa shape index (κ3) is 3.59. The van der Waals surface area contributed by atoms with Gasteiger partial charge in [0.2, 0.25) is 0 Å². The maximum atomic E-state index is 12.5. The first-order valence-electron chi connectivity index (χ1n) is 8.72. The molecule has 138 valence electrons. The second kappa shape index (κ2) is 7.88. The van der Waals surface area contributed by atoms with Gasteiger partial charge in [0.1, 0.15) is 0 Å². The minimum absolute atomic E-state index is 0.120. The van der Waals surface area contributed by atoms with Crippen molar-refractivity contribution in [2.24, 2.45) is 0 Å². The van der Waals surface area contributed by atoms with Crippen molar-refractivity contribution in [1.82, 2.24) is 20.4 Å². The summed E-state index contributed by atoms with van der Waals surface area (Å²) in [7, 11) is 0. The minimum Gasteiger partial charge on any atom is -0.339 e. The molecule has 0 spiro atoms. The zero-order chi connectivity index (χ0) is 18.7. The third-order valence-corrected chi connectivity index (χ3v) is 4.84. The molecular formula is C18H22ClN5O2. The van der Waals surface area contributed by atoms with Crippen LogP contribution in [0.3, 0.4) is 0 Å². The Morgan fingerprint density at radius 3 is 2.77 bits per heavy atom. The van der Waals surface area contributed by atoms with Gasteiger partial charge in [-0.3, -0.25) is 14.7 Å². The predicted molar refractivity (Wildman–Crippen MR) is 101 cm³/mol. The standard InChI is InChI=1S/C18H22ClN5O2/c1-3-24(4-2)18(26)12-6-5-11(9-14(12)19)21-17(25)16-13-10-20-8-7-15(13)22-23-16/h5-6,9,20H,3-4,7-8,10H2,1-2H3,(H,21,25)(H,22,23). The average Bonchev–Trinajstić information content (AvgIpc) is 3.07. The number of fused-ring (bicyclic) bond motifs is 1. The summed E-state index contributed by atoms with van der Waals surface area (Å²) in [6.45, 7) is 6.55. The Morgan fingerprint density at radius 2 is 2.08 bits per heavy atom. The van der Waals surface area contributed by atoms with Crippen molar-refractivity contribution < 1.29 is 9.59 Å². The van der Waals surface area contributed by atoms with Crippen LogP contribution in [0.1, 0.15) is 46.0 Å². The van der Waals surface area contributed by atoms with Gasteiger partial charge in [0.15, 0.2) is 5.69 Å². The molecule has 0 radical (unpaired) electrons. The summed E-state index contributed by atoms with van der Waals surface area (Å²) in [5.41, 5.74) is 3.22. The van der Waals surface area contributed by atoms with Crippen molar-refractivity contribution in [3.8, 4) is 0 Å². The maximum absolute atomic E-state index is 12.5. The van der Waals surface area contributed by atoms with Crippen molar-refractivity contribution in [1.29, 1.82) is 0 Å². The van der Waals surface area contributed by atoms with Crippen molar-refractivity contribution in [2.75, 3.05) is 25.0 Å². The van der Waals surface area contributed by atoms with E-state index in [1.807, 2.05) is 13.8 Å². The van der Waals surface area contributed by atoms with Crippen molar-refractivity contribution >= 4 is 29.1 Å². The highest BCUT2D eigenvalue weighted by atomic mass is 35.5. The number of H-pyrrole nitrogens is 1. The lowest BCUT2D eigenvalue weighted by Gasteiger charge is -2.19. The SMILES string of the molecule is CCN(CC)C(=O)c1ccc(NC(=O)c2n[nH]c3c2CNCC3)cc1Cl. The lowest BCUT2D eigenvalue weighted by Crippen LogP contribution is -2.30. The Morgan fingerprint density at radius 1 is 1.31 bits per heavy atom. The summed E-state index contributed by atoms with van der Waals surface area (Å²) in [4.78, 5) is 26.7. The molecule has 1 aromatic heterocycles. The molecule has 2 amide bonds. The van der Waals surface area contributed by atoms with E-state index in [0.717, 1.165) is 24.2 Å². The monoisotopic (exact) mass is 375 g/mol. The molecule has 1 aliphatic heterocycles. The first-order chi connectivity index (χ1) is 12.5. The van der Waals surface area contributed by atoms with E-state index in [2.05, 4.69) is 20.8 Å². The Kier molecular flexibility index (Phi) is 5.58. The zero-order valence-corrected chi connectivity index (χ0v) is 15.6. The molecule has 0 fully saturated rings. The summed E-state index contributed by atoms with van der Waals surface area (Å²) in [5.74, 6) is -0.421. The maximum Gasteiger partial charge on any atom is 0.276 e. The number of hydrogen-bond donors (Lipinski definition) is 3. The van der Waals surface area contributed by atoms with Gasteiger partial charge in [-0.15, -0.1) is 0 Å². The van der Waals surface area contributed by atoms with E-state index in [1.165, 1.54) is 0 Å². The first kappa shape index (κ1) is 18.4. The topological polar surface area (TPSA) is 90.1 Å². The van der Waals surface area contributed by atoms with Gasteiger partial charge < -0.3 is 15.5 Å². The van der Waals surface area contributed by atoms with E-state index in [9.17, 15) is 9.59 Å². The van der Waals surface area contributed by atoms with Crippen molar-refractivity contribution in [3.05, 3.63) is 45.7 Å². The van der Waals surface area contributed by atoms with Gasteiger partial charge in [-0.25, -0.2) is 0 Å². The molecule has 2 heterocycles. The van der Waals surface area contributed by atoms with Crippen molar-refractivity contribution in [3.63, 3.8) is 0 Å². The minimum atomic E-state index is -0.301. The third-order valence-electron chi connectivity index (χ3n) is 4.53. The molecule has 3 rings (SSSR count). The number of rotatable bonds is 5. The van der Waals surface area contributed by atoms with Crippen LogP contribution in [0.2, 0.25) is 5.02 Å². The number of carbonyl (C=O) groups is 2. The van der Waals surface area contributed by atoms with Gasteiger partial charge in [0.25, 0.3) is 11.8 Å². The molecule has 0 saturated heterocycles. The van der Waals surface area contributed by atoms with Crippen LogP contribution in [-0.2, 0) is 13.0 Å². The number of benzene rings is 1. The molecule has 2 aromatic rings. The van der Waals surface area contributed by atoms with Gasteiger partial charge in [0, 0.05) is 49.5 Å². The summed E-state index contributed by atoms with van der Waals surface area (Å²) in [6.07, 6.45) is 0.823. The van der Waals surface area contributed by atoms with Gasteiger partial charge >= 0.3 is 0 Å². The van der Waals surface area contributed by atoms with E-state index in [-0.39, 0.29) is 11.8 Å². The molecule has 8 heteroatoms. The molecule has 1 aromatic carbocycles. The highest BCUT2D eigenvalue weighted by Gasteiger charge is 2.22. The quantitative estimate of drug-likeness (QED) is 0.748. The number of aromatic nitrogens is 2. The average molecular weight is 376 g/mol. The highest BCUT2D eigenvalue weighted by Crippen LogP contribution is 2.23. The Labute approximate surface area is 157 Å². The highest BCUT2D eigenvalue weighted by molar-refractivity contribution is 6.34. The van der Waals surface area contributed by atoms with Crippen LogP contribution >= 0.6 is 11.6 Å². The molecule has 1 aliphatic rings. The molecule has 0 saturated carbocycles. The number of halogens is 1. The summed E-state index contributed by atoms with van der Waals surface area (Å²) in [5, 5.41) is 13.4. The number of nitrogens with one attached hydrogen (secondary N) is 3. The number of aromatic amines is 1. The number of hydrogen-bond acceptors (Lipinski definition) is 4. The fourth-order valence-electron chi connectivity index (χ4n) is 3.05. The lowest BCUT2D eigenvalue weighted by molar-refractivity contribution is 0.0773. The molecule has 26 heavy (non-hydrogen) atoms. The van der Waals surface area contributed by atoms with E-state index < -0.39 is 0 Å². The molecular weight excluding hydrogens is 354 g/mol. The Bertz CT molecular complexity index is 829. The van der Waals surface area contributed by atoms with Gasteiger partial charge in [-0.2, -0.15) is 5.10 Å². The van der Waals surface area contributed by atoms with Gasteiger partial charge in [-0.1, -0.05) is 11.6 Å².